The molecule has 0 bridgehead atoms. The van der Waals surface area contributed by atoms with E-state index in [-0.39, 0.29) is 11.4 Å². The second-order valence-corrected chi connectivity index (χ2v) is 6.56. The zero-order valence-corrected chi connectivity index (χ0v) is 12.4. The van der Waals surface area contributed by atoms with Crippen LogP contribution in [0.1, 0.15) is 11.1 Å². The predicted molar refractivity (Wildman–Crippen MR) is 81.1 cm³/mol. The summed E-state index contributed by atoms with van der Waals surface area (Å²) in [5, 5.41) is 0. The minimum Gasteiger partial charge on any atom is -0.326 e. The van der Waals surface area contributed by atoms with Gasteiger partial charge in [-0.1, -0.05) is 35.9 Å². The van der Waals surface area contributed by atoms with Gasteiger partial charge < -0.3 is 5.73 Å². The Morgan fingerprint density at radius 2 is 1.65 bits per heavy atom. The lowest BCUT2D eigenvalue weighted by molar-refractivity contribution is 0.593. The number of sulfonamides is 1. The van der Waals surface area contributed by atoms with Gasteiger partial charge in [-0.3, -0.25) is 4.31 Å². The van der Waals surface area contributed by atoms with Crippen molar-refractivity contribution in [2.24, 2.45) is 5.73 Å². The van der Waals surface area contributed by atoms with Crippen LogP contribution in [0.2, 0.25) is 0 Å². The molecule has 0 heterocycles. The molecule has 0 aromatic heterocycles. The van der Waals surface area contributed by atoms with Crippen LogP contribution in [0.15, 0.2) is 53.4 Å². The maximum Gasteiger partial charge on any atom is 0.264 e. The van der Waals surface area contributed by atoms with Gasteiger partial charge in [-0.05, 0) is 30.7 Å². The van der Waals surface area contributed by atoms with Crippen LogP contribution in [0.4, 0.5) is 5.69 Å². The first-order valence-corrected chi connectivity index (χ1v) is 7.74. The summed E-state index contributed by atoms with van der Waals surface area (Å²) in [6, 6.07) is 14.2. The highest BCUT2D eigenvalue weighted by Crippen LogP contribution is 2.24. The summed E-state index contributed by atoms with van der Waals surface area (Å²) >= 11 is 0. The summed E-state index contributed by atoms with van der Waals surface area (Å²) in [6.07, 6.45) is 0. The topological polar surface area (TPSA) is 63.4 Å². The number of anilines is 1. The van der Waals surface area contributed by atoms with Gasteiger partial charge in [0, 0.05) is 13.6 Å². The summed E-state index contributed by atoms with van der Waals surface area (Å²) in [5.74, 6) is 0. The maximum atomic E-state index is 12.7. The van der Waals surface area contributed by atoms with Crippen LogP contribution in [0.3, 0.4) is 0 Å². The standard InChI is InChI=1S/C15H18N2O2S/c1-12-7-9-14(10-8-12)17(2)20(18,19)15-6-4-3-5-13(15)11-16/h3-10H,11,16H2,1-2H3. The van der Waals surface area contributed by atoms with Crippen molar-refractivity contribution in [3.05, 3.63) is 59.7 Å². The van der Waals surface area contributed by atoms with Crippen LogP contribution in [-0.2, 0) is 16.6 Å². The van der Waals surface area contributed by atoms with Gasteiger partial charge in [-0.25, -0.2) is 8.42 Å². The Balaban J connectivity index is 2.46. The maximum absolute atomic E-state index is 12.7. The van der Waals surface area contributed by atoms with Crippen LogP contribution in [0.25, 0.3) is 0 Å². The molecule has 5 heteroatoms. The van der Waals surface area contributed by atoms with Gasteiger partial charge in [0.2, 0.25) is 0 Å². The Hall–Kier alpha value is -1.85. The second kappa shape index (κ2) is 5.64. The fourth-order valence-electron chi connectivity index (χ4n) is 1.97. The highest BCUT2D eigenvalue weighted by molar-refractivity contribution is 7.92. The largest absolute Gasteiger partial charge is 0.326 e. The van der Waals surface area contributed by atoms with Crippen molar-refractivity contribution >= 4 is 15.7 Å². The summed E-state index contributed by atoms with van der Waals surface area (Å²) in [6.45, 7) is 2.15. The van der Waals surface area contributed by atoms with Crippen molar-refractivity contribution in [2.45, 2.75) is 18.4 Å². The quantitative estimate of drug-likeness (QED) is 0.939. The molecule has 2 aromatic rings. The summed E-state index contributed by atoms with van der Waals surface area (Å²) in [7, 11) is -2.05. The fraction of sp³-hybridized carbons (Fsp3) is 0.200. The molecule has 0 aliphatic heterocycles. The molecule has 0 unspecified atom stereocenters. The fourth-order valence-corrected chi connectivity index (χ4v) is 3.39. The highest BCUT2D eigenvalue weighted by atomic mass is 32.2. The zero-order valence-electron chi connectivity index (χ0n) is 11.6. The molecule has 0 aliphatic rings. The summed E-state index contributed by atoms with van der Waals surface area (Å²) in [4.78, 5) is 0.255. The minimum absolute atomic E-state index is 0.192. The number of rotatable bonds is 4. The van der Waals surface area contributed by atoms with E-state index in [0.717, 1.165) is 5.56 Å². The average molecular weight is 290 g/mol. The van der Waals surface area contributed by atoms with Crippen LogP contribution in [-0.4, -0.2) is 15.5 Å². The number of benzene rings is 2. The molecule has 20 heavy (non-hydrogen) atoms. The van der Waals surface area contributed by atoms with Crippen molar-refractivity contribution in [1.29, 1.82) is 0 Å². The number of hydrogen-bond donors (Lipinski definition) is 1. The third-order valence-corrected chi connectivity index (χ3v) is 5.11. The van der Waals surface area contributed by atoms with Crippen LogP contribution in [0.5, 0.6) is 0 Å². The first-order valence-electron chi connectivity index (χ1n) is 6.30. The second-order valence-electron chi connectivity index (χ2n) is 4.62. The Morgan fingerprint density at radius 1 is 1.05 bits per heavy atom. The van der Waals surface area contributed by atoms with E-state index in [1.54, 1.807) is 43.4 Å². The highest BCUT2D eigenvalue weighted by Gasteiger charge is 2.23. The lowest BCUT2D eigenvalue weighted by Crippen LogP contribution is -2.27. The molecule has 4 nitrogen and oxygen atoms in total. The SMILES string of the molecule is Cc1ccc(N(C)S(=O)(=O)c2ccccc2CN)cc1. The Morgan fingerprint density at radius 3 is 2.25 bits per heavy atom. The average Bonchev–Trinajstić information content (AvgIpc) is 2.47. The normalized spacial score (nSPS) is 11.3. The molecule has 0 aliphatic carbocycles. The van der Waals surface area contributed by atoms with Gasteiger partial charge in [0.15, 0.2) is 0 Å². The van der Waals surface area contributed by atoms with E-state index < -0.39 is 10.0 Å². The molecule has 0 atom stereocenters. The molecular formula is C15H18N2O2S. The lowest BCUT2D eigenvalue weighted by Gasteiger charge is -2.21. The van der Waals surface area contributed by atoms with Gasteiger partial charge in [0.05, 0.1) is 10.6 Å². The Bertz CT molecular complexity index is 694. The number of nitrogens with two attached hydrogens (primary N) is 1. The lowest BCUT2D eigenvalue weighted by atomic mass is 10.2. The van der Waals surface area contributed by atoms with Crippen LogP contribution in [0, 0.1) is 6.92 Å². The smallest absolute Gasteiger partial charge is 0.264 e. The van der Waals surface area contributed by atoms with Crippen molar-refractivity contribution in [2.75, 3.05) is 11.4 Å². The Labute approximate surface area is 119 Å². The molecular weight excluding hydrogens is 272 g/mol. The van der Waals surface area contributed by atoms with Gasteiger partial charge in [0.25, 0.3) is 10.0 Å². The predicted octanol–water partition coefficient (Wildman–Crippen LogP) is 2.28. The molecule has 0 saturated heterocycles. The van der Waals surface area contributed by atoms with Crippen LogP contribution < -0.4 is 10.0 Å². The molecule has 0 amide bonds. The van der Waals surface area contributed by atoms with Gasteiger partial charge in [0.1, 0.15) is 0 Å². The minimum atomic E-state index is -3.59. The van der Waals surface area contributed by atoms with E-state index in [1.807, 2.05) is 19.1 Å². The molecule has 0 fully saturated rings. The van der Waals surface area contributed by atoms with Crippen molar-refractivity contribution in [3.63, 3.8) is 0 Å². The van der Waals surface area contributed by atoms with E-state index in [0.29, 0.717) is 11.3 Å². The Kier molecular flexibility index (Phi) is 4.11. The molecule has 0 saturated carbocycles. The molecule has 2 aromatic carbocycles. The number of aryl methyl sites for hydroxylation is 1. The van der Waals surface area contributed by atoms with E-state index in [1.165, 1.54) is 4.31 Å². The van der Waals surface area contributed by atoms with E-state index >= 15 is 0 Å². The first-order chi connectivity index (χ1) is 9.46. The molecule has 2 rings (SSSR count). The van der Waals surface area contributed by atoms with Gasteiger partial charge >= 0.3 is 0 Å². The van der Waals surface area contributed by atoms with Gasteiger partial charge in [-0.15, -0.1) is 0 Å². The van der Waals surface area contributed by atoms with E-state index in [4.69, 9.17) is 5.73 Å². The number of hydrogen-bond acceptors (Lipinski definition) is 3. The van der Waals surface area contributed by atoms with Crippen molar-refractivity contribution in [1.82, 2.24) is 0 Å². The van der Waals surface area contributed by atoms with Crippen LogP contribution >= 0.6 is 0 Å². The molecule has 0 radical (unpaired) electrons. The van der Waals surface area contributed by atoms with E-state index in [2.05, 4.69) is 0 Å². The van der Waals surface area contributed by atoms with Crippen molar-refractivity contribution in [3.8, 4) is 0 Å². The zero-order chi connectivity index (χ0) is 14.8. The molecule has 106 valence electrons. The molecule has 2 N–H and O–H groups in total. The third-order valence-electron chi connectivity index (χ3n) is 3.23. The van der Waals surface area contributed by atoms with Crippen molar-refractivity contribution < 1.29 is 8.42 Å². The number of nitrogens with zero attached hydrogens (tertiary/aromatic N) is 1. The van der Waals surface area contributed by atoms with E-state index in [9.17, 15) is 8.42 Å². The third kappa shape index (κ3) is 2.69. The summed E-state index contributed by atoms with van der Waals surface area (Å²) in [5.41, 5.74) is 7.95. The monoisotopic (exact) mass is 290 g/mol. The summed E-state index contributed by atoms with van der Waals surface area (Å²) < 4.78 is 26.6. The van der Waals surface area contributed by atoms with Gasteiger partial charge in [-0.2, -0.15) is 0 Å². The first kappa shape index (κ1) is 14.6. The molecule has 0 spiro atoms.